The summed E-state index contributed by atoms with van der Waals surface area (Å²) in [4.78, 5) is 11.6. The third-order valence-electron chi connectivity index (χ3n) is 2.05. The van der Waals surface area contributed by atoms with Gasteiger partial charge in [-0.05, 0) is 23.6 Å². The molecule has 0 saturated carbocycles. The summed E-state index contributed by atoms with van der Waals surface area (Å²) in [5, 5.41) is 4.32. The lowest BCUT2D eigenvalue weighted by Crippen LogP contribution is -2.14. The van der Waals surface area contributed by atoms with E-state index < -0.39 is 11.6 Å². The van der Waals surface area contributed by atoms with Crippen LogP contribution in [0.4, 0.5) is 14.5 Å². The highest BCUT2D eigenvalue weighted by molar-refractivity contribution is 8.01. The van der Waals surface area contributed by atoms with Gasteiger partial charge in [0.2, 0.25) is 5.91 Å². The minimum absolute atomic E-state index is 0.00632. The van der Waals surface area contributed by atoms with E-state index in [0.29, 0.717) is 0 Å². The topological polar surface area (TPSA) is 29.1 Å². The van der Waals surface area contributed by atoms with E-state index in [0.717, 1.165) is 16.3 Å². The molecule has 0 aliphatic rings. The average Bonchev–Trinajstić information content (AvgIpc) is 2.83. The number of amides is 1. The van der Waals surface area contributed by atoms with Crippen LogP contribution in [0, 0.1) is 11.6 Å². The third-order valence-corrected chi connectivity index (χ3v) is 4.18. The molecule has 0 aliphatic carbocycles. The lowest BCUT2D eigenvalue weighted by molar-refractivity contribution is -0.113. The number of hydrogen-bond acceptors (Lipinski definition) is 3. The van der Waals surface area contributed by atoms with E-state index >= 15 is 0 Å². The molecule has 0 spiro atoms. The Kier molecular flexibility index (Phi) is 4.33. The lowest BCUT2D eigenvalue weighted by Gasteiger charge is -2.05. The number of anilines is 1. The number of nitrogens with one attached hydrogen (secondary N) is 1. The zero-order valence-corrected chi connectivity index (χ0v) is 10.8. The van der Waals surface area contributed by atoms with E-state index in [-0.39, 0.29) is 17.3 Å². The van der Waals surface area contributed by atoms with Crippen LogP contribution in [-0.2, 0) is 4.79 Å². The second kappa shape index (κ2) is 5.97. The van der Waals surface area contributed by atoms with Crippen molar-refractivity contribution in [3.8, 4) is 0 Å². The van der Waals surface area contributed by atoms with E-state index in [4.69, 9.17) is 0 Å². The Morgan fingerprint density at radius 3 is 2.83 bits per heavy atom. The van der Waals surface area contributed by atoms with Crippen LogP contribution in [0.1, 0.15) is 0 Å². The maximum Gasteiger partial charge on any atom is 0.234 e. The minimum atomic E-state index is -0.774. The summed E-state index contributed by atoms with van der Waals surface area (Å²) < 4.78 is 26.9. The van der Waals surface area contributed by atoms with Crippen molar-refractivity contribution in [3.05, 3.63) is 47.3 Å². The fraction of sp³-hybridized carbons (Fsp3) is 0.0833. The summed E-state index contributed by atoms with van der Waals surface area (Å²) in [6.45, 7) is 0. The summed E-state index contributed by atoms with van der Waals surface area (Å²) in [6, 6.07) is 6.84. The van der Waals surface area contributed by atoms with Crippen LogP contribution in [0.2, 0.25) is 0 Å². The Hall–Kier alpha value is -1.40. The van der Waals surface area contributed by atoms with Crippen molar-refractivity contribution in [2.45, 2.75) is 4.21 Å². The fourth-order valence-corrected chi connectivity index (χ4v) is 2.84. The zero-order chi connectivity index (χ0) is 13.0. The van der Waals surface area contributed by atoms with E-state index in [1.54, 1.807) is 0 Å². The van der Waals surface area contributed by atoms with Crippen LogP contribution in [0.25, 0.3) is 0 Å². The molecule has 0 radical (unpaired) electrons. The van der Waals surface area contributed by atoms with Gasteiger partial charge in [0.25, 0.3) is 0 Å². The maximum absolute atomic E-state index is 13.3. The maximum atomic E-state index is 13.3. The molecule has 18 heavy (non-hydrogen) atoms. The van der Waals surface area contributed by atoms with Crippen molar-refractivity contribution in [3.63, 3.8) is 0 Å². The second-order valence-electron chi connectivity index (χ2n) is 3.39. The number of hydrogen-bond donors (Lipinski definition) is 1. The first-order valence-corrected chi connectivity index (χ1v) is 6.93. The second-order valence-corrected chi connectivity index (χ2v) is 5.62. The normalized spacial score (nSPS) is 10.3. The SMILES string of the molecule is O=C(CSc1cccs1)Nc1ccc(F)cc1F. The van der Waals surface area contributed by atoms with Gasteiger partial charge in [0.1, 0.15) is 11.6 Å². The fourth-order valence-electron chi connectivity index (χ4n) is 1.26. The lowest BCUT2D eigenvalue weighted by atomic mass is 10.3. The highest BCUT2D eigenvalue weighted by atomic mass is 32.2. The molecule has 2 rings (SSSR count). The minimum Gasteiger partial charge on any atom is -0.323 e. The first-order chi connectivity index (χ1) is 8.65. The zero-order valence-electron chi connectivity index (χ0n) is 9.15. The van der Waals surface area contributed by atoms with Gasteiger partial charge in [-0.2, -0.15) is 0 Å². The van der Waals surface area contributed by atoms with E-state index in [1.807, 2.05) is 17.5 Å². The molecule has 0 fully saturated rings. The number of halogens is 2. The van der Waals surface area contributed by atoms with Crippen LogP contribution in [0.15, 0.2) is 39.9 Å². The smallest absolute Gasteiger partial charge is 0.234 e. The van der Waals surface area contributed by atoms with Crippen LogP contribution >= 0.6 is 23.1 Å². The first-order valence-electron chi connectivity index (χ1n) is 5.06. The van der Waals surface area contributed by atoms with Gasteiger partial charge in [-0.15, -0.1) is 23.1 Å². The Morgan fingerprint density at radius 2 is 2.17 bits per heavy atom. The Labute approximate surface area is 111 Å². The number of carbonyl (C=O) groups excluding carboxylic acids is 1. The molecule has 1 N–H and O–H groups in total. The van der Waals surface area contributed by atoms with Crippen molar-refractivity contribution in [1.29, 1.82) is 0 Å². The summed E-state index contributed by atoms with van der Waals surface area (Å²) in [5.74, 6) is -1.57. The van der Waals surface area contributed by atoms with Crippen LogP contribution in [0.3, 0.4) is 0 Å². The molecular weight excluding hydrogens is 276 g/mol. The molecule has 1 amide bonds. The van der Waals surface area contributed by atoms with Gasteiger partial charge < -0.3 is 5.32 Å². The van der Waals surface area contributed by atoms with Crippen molar-refractivity contribution in [1.82, 2.24) is 0 Å². The largest absolute Gasteiger partial charge is 0.323 e. The molecule has 1 heterocycles. The first kappa shape index (κ1) is 13.0. The average molecular weight is 285 g/mol. The molecule has 0 unspecified atom stereocenters. The molecular formula is C12H9F2NOS2. The van der Waals surface area contributed by atoms with Crippen LogP contribution < -0.4 is 5.32 Å². The molecule has 94 valence electrons. The molecule has 2 aromatic rings. The van der Waals surface area contributed by atoms with Crippen molar-refractivity contribution in [2.75, 3.05) is 11.1 Å². The van der Waals surface area contributed by atoms with E-state index in [2.05, 4.69) is 5.32 Å². The van der Waals surface area contributed by atoms with Crippen LogP contribution in [0.5, 0.6) is 0 Å². The molecule has 1 aromatic heterocycles. The van der Waals surface area contributed by atoms with Crippen molar-refractivity contribution >= 4 is 34.7 Å². The monoisotopic (exact) mass is 285 g/mol. The molecule has 1 aromatic carbocycles. The Morgan fingerprint density at radius 1 is 1.33 bits per heavy atom. The van der Waals surface area contributed by atoms with Gasteiger partial charge in [-0.25, -0.2) is 8.78 Å². The number of thioether (sulfide) groups is 1. The quantitative estimate of drug-likeness (QED) is 0.867. The molecule has 0 aliphatic heterocycles. The third kappa shape index (κ3) is 3.54. The molecule has 6 heteroatoms. The standard InChI is InChI=1S/C12H9F2NOS2/c13-8-3-4-10(9(14)6-8)15-11(16)7-18-12-2-1-5-17-12/h1-6H,7H2,(H,15,16). The number of benzene rings is 1. The van der Waals surface area contributed by atoms with Gasteiger partial charge in [-0.3, -0.25) is 4.79 Å². The summed E-state index contributed by atoms with van der Waals surface area (Å²) in [5.41, 5.74) is -0.00632. The van der Waals surface area contributed by atoms with Crippen molar-refractivity contribution < 1.29 is 13.6 Å². The summed E-state index contributed by atoms with van der Waals surface area (Å²) in [7, 11) is 0. The number of carbonyl (C=O) groups is 1. The predicted molar refractivity (Wildman–Crippen MR) is 70.0 cm³/mol. The number of rotatable bonds is 4. The Balaban J connectivity index is 1.91. The summed E-state index contributed by atoms with van der Waals surface area (Å²) >= 11 is 2.91. The summed E-state index contributed by atoms with van der Waals surface area (Å²) in [6.07, 6.45) is 0. The van der Waals surface area contributed by atoms with Gasteiger partial charge in [0, 0.05) is 6.07 Å². The van der Waals surface area contributed by atoms with Crippen molar-refractivity contribution in [2.24, 2.45) is 0 Å². The van der Waals surface area contributed by atoms with E-state index in [9.17, 15) is 13.6 Å². The molecule has 0 saturated heterocycles. The highest BCUT2D eigenvalue weighted by Gasteiger charge is 2.08. The Bertz CT molecular complexity index is 543. The molecule has 2 nitrogen and oxygen atoms in total. The molecule has 0 bridgehead atoms. The predicted octanol–water partition coefficient (Wildman–Crippen LogP) is 3.76. The molecule has 0 atom stereocenters. The van der Waals surface area contributed by atoms with Gasteiger partial charge in [0.05, 0.1) is 15.6 Å². The van der Waals surface area contributed by atoms with E-state index in [1.165, 1.54) is 29.2 Å². The van der Waals surface area contributed by atoms with Crippen LogP contribution in [-0.4, -0.2) is 11.7 Å². The number of thiophene rings is 1. The van der Waals surface area contributed by atoms with Gasteiger partial charge in [0.15, 0.2) is 0 Å². The van der Waals surface area contributed by atoms with Gasteiger partial charge in [-0.1, -0.05) is 6.07 Å². The van der Waals surface area contributed by atoms with Gasteiger partial charge >= 0.3 is 0 Å². The highest BCUT2D eigenvalue weighted by Crippen LogP contribution is 2.23.